The summed E-state index contributed by atoms with van der Waals surface area (Å²) in [5, 5.41) is 6.62. The number of aliphatic imine (C=N–C) groups is 1. The summed E-state index contributed by atoms with van der Waals surface area (Å²) in [6.07, 6.45) is 3.49. The monoisotopic (exact) mass is 366 g/mol. The summed E-state index contributed by atoms with van der Waals surface area (Å²) in [5.41, 5.74) is 0.735. The average Bonchev–Trinajstić information content (AvgIpc) is 3.31. The van der Waals surface area contributed by atoms with Crippen molar-refractivity contribution < 1.29 is 13.5 Å². The van der Waals surface area contributed by atoms with Crippen molar-refractivity contribution in [1.29, 1.82) is 0 Å². The van der Waals surface area contributed by atoms with Crippen molar-refractivity contribution in [2.24, 2.45) is 10.9 Å². The first-order valence-electron chi connectivity index (χ1n) is 9.49. The van der Waals surface area contributed by atoms with Gasteiger partial charge in [-0.25, -0.2) is 8.78 Å². The summed E-state index contributed by atoms with van der Waals surface area (Å²) in [7, 11) is 0. The Hall–Kier alpha value is -1.89. The second-order valence-corrected chi connectivity index (χ2v) is 6.93. The summed E-state index contributed by atoms with van der Waals surface area (Å²) in [6, 6.07) is 4.10. The number of anilines is 1. The van der Waals surface area contributed by atoms with Crippen molar-refractivity contribution in [3.63, 3.8) is 0 Å². The smallest absolute Gasteiger partial charge is 0.191 e. The highest BCUT2D eigenvalue weighted by molar-refractivity contribution is 5.79. The molecule has 7 heteroatoms. The van der Waals surface area contributed by atoms with Crippen LogP contribution in [0.15, 0.2) is 23.2 Å². The number of hydrogen-bond donors (Lipinski definition) is 2. The Kier molecular flexibility index (Phi) is 6.66. The molecule has 2 atom stereocenters. The molecule has 2 aliphatic heterocycles. The van der Waals surface area contributed by atoms with Gasteiger partial charge < -0.3 is 20.3 Å². The maximum atomic E-state index is 13.4. The van der Waals surface area contributed by atoms with Crippen LogP contribution in [0.2, 0.25) is 0 Å². The van der Waals surface area contributed by atoms with Gasteiger partial charge in [-0.1, -0.05) is 0 Å². The molecule has 0 spiro atoms. The fourth-order valence-electron chi connectivity index (χ4n) is 3.48. The van der Waals surface area contributed by atoms with E-state index >= 15 is 0 Å². The molecule has 3 rings (SSSR count). The Morgan fingerprint density at radius 2 is 2.15 bits per heavy atom. The Labute approximate surface area is 153 Å². The first-order valence-corrected chi connectivity index (χ1v) is 9.49. The zero-order valence-corrected chi connectivity index (χ0v) is 15.3. The topological polar surface area (TPSA) is 48.9 Å². The number of nitrogens with one attached hydrogen (secondary N) is 2. The van der Waals surface area contributed by atoms with Gasteiger partial charge >= 0.3 is 0 Å². The van der Waals surface area contributed by atoms with Crippen molar-refractivity contribution in [3.05, 3.63) is 29.8 Å². The molecule has 2 aliphatic rings. The van der Waals surface area contributed by atoms with Gasteiger partial charge in [0.25, 0.3) is 0 Å². The fraction of sp³-hybridized carbons (Fsp3) is 0.632. The van der Waals surface area contributed by atoms with Crippen LogP contribution in [-0.4, -0.2) is 51.4 Å². The van der Waals surface area contributed by atoms with Crippen molar-refractivity contribution in [2.75, 3.05) is 44.2 Å². The van der Waals surface area contributed by atoms with Gasteiger partial charge in [0.05, 0.1) is 6.10 Å². The van der Waals surface area contributed by atoms with Crippen LogP contribution in [0.25, 0.3) is 0 Å². The fourth-order valence-corrected chi connectivity index (χ4v) is 3.48. The third-order valence-electron chi connectivity index (χ3n) is 4.93. The van der Waals surface area contributed by atoms with Crippen molar-refractivity contribution in [3.8, 4) is 0 Å². The van der Waals surface area contributed by atoms with Gasteiger partial charge in [0.1, 0.15) is 0 Å². The molecule has 0 aromatic heterocycles. The van der Waals surface area contributed by atoms with E-state index in [0.717, 1.165) is 63.7 Å². The molecule has 5 nitrogen and oxygen atoms in total. The molecule has 0 saturated carbocycles. The van der Waals surface area contributed by atoms with Crippen LogP contribution in [0.4, 0.5) is 14.5 Å². The minimum absolute atomic E-state index is 0.272. The summed E-state index contributed by atoms with van der Waals surface area (Å²) in [4.78, 5) is 6.79. The molecular weight excluding hydrogens is 338 g/mol. The summed E-state index contributed by atoms with van der Waals surface area (Å²) in [6.45, 7) is 6.83. The normalized spacial score (nSPS) is 23.5. The molecule has 2 heterocycles. The minimum atomic E-state index is -0.804. The maximum absolute atomic E-state index is 13.4. The van der Waals surface area contributed by atoms with Crippen LogP contribution in [-0.2, 0) is 4.74 Å². The molecule has 1 aromatic carbocycles. The molecule has 2 unspecified atom stereocenters. The molecule has 0 aliphatic carbocycles. The standard InChI is InChI=1S/C19H28F2N4O/c1-2-22-19(24-12-16-4-3-9-26-16)23-11-14-7-8-25(13-14)15-5-6-17(20)18(21)10-15/h5-6,10,14,16H,2-4,7-9,11-13H2,1H3,(H2,22,23,24). The van der Waals surface area contributed by atoms with E-state index in [1.54, 1.807) is 6.07 Å². The van der Waals surface area contributed by atoms with Crippen molar-refractivity contribution in [2.45, 2.75) is 32.3 Å². The number of nitrogens with zero attached hydrogens (tertiary/aromatic N) is 2. The van der Waals surface area contributed by atoms with E-state index in [1.165, 1.54) is 12.1 Å². The second kappa shape index (κ2) is 9.16. The van der Waals surface area contributed by atoms with Gasteiger partial charge in [0.15, 0.2) is 17.6 Å². The SMILES string of the molecule is CCNC(=NCC1CCN(c2ccc(F)c(F)c2)C1)NCC1CCCO1. The minimum Gasteiger partial charge on any atom is -0.376 e. The first kappa shape index (κ1) is 18.9. The van der Waals surface area contributed by atoms with Crippen LogP contribution in [0, 0.1) is 17.6 Å². The predicted octanol–water partition coefficient (Wildman–Crippen LogP) is 2.53. The zero-order chi connectivity index (χ0) is 18.4. The third kappa shape index (κ3) is 5.06. The van der Waals surface area contributed by atoms with Gasteiger partial charge in [-0.3, -0.25) is 4.99 Å². The van der Waals surface area contributed by atoms with Crippen molar-refractivity contribution >= 4 is 11.6 Å². The summed E-state index contributed by atoms with van der Waals surface area (Å²) < 4.78 is 32.2. The van der Waals surface area contributed by atoms with Crippen molar-refractivity contribution in [1.82, 2.24) is 10.6 Å². The van der Waals surface area contributed by atoms with Gasteiger partial charge in [0, 0.05) is 51.1 Å². The van der Waals surface area contributed by atoms with Crippen LogP contribution in [0.3, 0.4) is 0 Å². The Morgan fingerprint density at radius 1 is 1.27 bits per heavy atom. The lowest BCUT2D eigenvalue weighted by molar-refractivity contribution is 0.114. The van der Waals surface area contributed by atoms with Crippen LogP contribution < -0.4 is 15.5 Å². The van der Waals surface area contributed by atoms with E-state index in [1.807, 2.05) is 6.92 Å². The number of rotatable bonds is 6. The van der Waals surface area contributed by atoms with Crippen LogP contribution >= 0.6 is 0 Å². The second-order valence-electron chi connectivity index (χ2n) is 6.93. The molecule has 1 aromatic rings. The number of benzene rings is 1. The van der Waals surface area contributed by atoms with E-state index in [-0.39, 0.29) is 6.10 Å². The Bertz CT molecular complexity index is 620. The molecule has 0 bridgehead atoms. The Balaban J connectivity index is 1.50. The maximum Gasteiger partial charge on any atom is 0.191 e. The van der Waals surface area contributed by atoms with Crippen LogP contribution in [0.1, 0.15) is 26.2 Å². The van der Waals surface area contributed by atoms with E-state index in [4.69, 9.17) is 9.73 Å². The highest BCUT2D eigenvalue weighted by Crippen LogP contribution is 2.25. The van der Waals surface area contributed by atoms with Crippen LogP contribution in [0.5, 0.6) is 0 Å². The van der Waals surface area contributed by atoms with E-state index in [9.17, 15) is 8.78 Å². The average molecular weight is 366 g/mol. The molecule has 2 fully saturated rings. The lowest BCUT2D eigenvalue weighted by Gasteiger charge is -2.19. The molecule has 144 valence electrons. The zero-order valence-electron chi connectivity index (χ0n) is 15.3. The lowest BCUT2D eigenvalue weighted by atomic mass is 10.1. The van der Waals surface area contributed by atoms with Gasteiger partial charge in [-0.2, -0.15) is 0 Å². The number of hydrogen-bond acceptors (Lipinski definition) is 3. The molecule has 2 N–H and O–H groups in total. The number of guanidine groups is 1. The first-order chi connectivity index (χ1) is 12.7. The molecule has 0 radical (unpaired) electrons. The van der Waals surface area contributed by atoms with E-state index in [0.29, 0.717) is 12.5 Å². The lowest BCUT2D eigenvalue weighted by Crippen LogP contribution is -2.41. The number of ether oxygens (including phenoxy) is 1. The number of halogens is 2. The molecule has 2 saturated heterocycles. The quantitative estimate of drug-likeness (QED) is 0.600. The highest BCUT2D eigenvalue weighted by atomic mass is 19.2. The molecule has 0 amide bonds. The summed E-state index contributed by atoms with van der Waals surface area (Å²) in [5.74, 6) is -0.381. The van der Waals surface area contributed by atoms with Gasteiger partial charge in [-0.05, 0) is 44.2 Å². The van der Waals surface area contributed by atoms with Gasteiger partial charge in [0.2, 0.25) is 0 Å². The Morgan fingerprint density at radius 3 is 2.88 bits per heavy atom. The molecular formula is C19H28F2N4O. The molecule has 26 heavy (non-hydrogen) atoms. The predicted molar refractivity (Wildman–Crippen MR) is 99.6 cm³/mol. The van der Waals surface area contributed by atoms with Gasteiger partial charge in [-0.15, -0.1) is 0 Å². The third-order valence-corrected chi connectivity index (χ3v) is 4.93. The van der Waals surface area contributed by atoms with E-state index in [2.05, 4.69) is 15.5 Å². The largest absolute Gasteiger partial charge is 0.376 e. The highest BCUT2D eigenvalue weighted by Gasteiger charge is 2.23. The summed E-state index contributed by atoms with van der Waals surface area (Å²) >= 11 is 0. The van der Waals surface area contributed by atoms with E-state index < -0.39 is 11.6 Å².